The van der Waals surface area contributed by atoms with Crippen molar-refractivity contribution in [2.45, 2.75) is 6.92 Å². The summed E-state index contributed by atoms with van der Waals surface area (Å²) in [5, 5.41) is 0. The number of hydrogen-bond donors (Lipinski definition) is 0. The van der Waals surface area contributed by atoms with Crippen molar-refractivity contribution < 1.29 is 14.3 Å². The van der Waals surface area contributed by atoms with E-state index in [1.54, 1.807) is 19.5 Å². The molecule has 0 N–H and O–H groups in total. The van der Waals surface area contributed by atoms with Crippen LogP contribution in [0.5, 0.6) is 11.5 Å². The van der Waals surface area contributed by atoms with Crippen molar-refractivity contribution in [3.8, 4) is 11.5 Å². The Balaban J connectivity index is 1.46. The van der Waals surface area contributed by atoms with Crippen LogP contribution in [0.1, 0.15) is 15.9 Å². The second-order valence-corrected chi connectivity index (χ2v) is 6.35. The van der Waals surface area contributed by atoms with Gasteiger partial charge in [-0.3, -0.25) is 14.7 Å². The van der Waals surface area contributed by atoms with E-state index in [0.29, 0.717) is 6.61 Å². The van der Waals surface area contributed by atoms with Gasteiger partial charge in [-0.2, -0.15) is 0 Å². The molecule has 6 nitrogen and oxygen atoms in total. The third-order valence-electron chi connectivity index (χ3n) is 4.63. The first-order chi connectivity index (χ1) is 12.7. The van der Waals surface area contributed by atoms with Crippen molar-refractivity contribution in [3.63, 3.8) is 0 Å². The fourth-order valence-corrected chi connectivity index (χ4v) is 3.07. The second-order valence-electron chi connectivity index (χ2n) is 6.35. The maximum atomic E-state index is 12.8. The molecule has 1 aliphatic heterocycles. The molecule has 26 heavy (non-hydrogen) atoms. The number of benzene rings is 1. The topological polar surface area (TPSA) is 54.9 Å². The number of aromatic nitrogens is 1. The van der Waals surface area contributed by atoms with Gasteiger partial charge in [0.2, 0.25) is 0 Å². The normalized spacial score (nSPS) is 14.9. The number of carbonyl (C=O) groups is 1. The first-order valence-electron chi connectivity index (χ1n) is 8.86. The fraction of sp³-hybridized carbons (Fsp3) is 0.400. The van der Waals surface area contributed by atoms with E-state index in [1.807, 2.05) is 42.2 Å². The summed E-state index contributed by atoms with van der Waals surface area (Å²) in [5.74, 6) is 1.66. The molecule has 2 heterocycles. The number of pyridine rings is 1. The van der Waals surface area contributed by atoms with Gasteiger partial charge < -0.3 is 14.4 Å². The Bertz CT molecular complexity index is 728. The van der Waals surface area contributed by atoms with Crippen LogP contribution in [0.4, 0.5) is 0 Å². The largest absolute Gasteiger partial charge is 0.497 e. The molecule has 0 bridgehead atoms. The van der Waals surface area contributed by atoms with Crippen LogP contribution in [0.15, 0.2) is 42.7 Å². The average Bonchev–Trinajstić information content (AvgIpc) is 2.69. The van der Waals surface area contributed by atoms with E-state index in [1.165, 1.54) is 0 Å². The number of ether oxygens (including phenoxy) is 2. The molecule has 3 rings (SSSR count). The van der Waals surface area contributed by atoms with Gasteiger partial charge in [0.25, 0.3) is 5.91 Å². The van der Waals surface area contributed by atoms with E-state index in [4.69, 9.17) is 9.47 Å². The molecule has 0 spiro atoms. The van der Waals surface area contributed by atoms with Gasteiger partial charge >= 0.3 is 0 Å². The number of amides is 1. The Hall–Kier alpha value is -2.60. The predicted molar refractivity (Wildman–Crippen MR) is 99.8 cm³/mol. The number of nitrogens with zero attached hydrogens (tertiary/aromatic N) is 3. The van der Waals surface area contributed by atoms with Gasteiger partial charge in [0.05, 0.1) is 13.3 Å². The van der Waals surface area contributed by atoms with E-state index < -0.39 is 0 Å². The van der Waals surface area contributed by atoms with Crippen LogP contribution in [-0.4, -0.2) is 67.1 Å². The van der Waals surface area contributed by atoms with Crippen molar-refractivity contribution in [3.05, 3.63) is 53.9 Å². The highest BCUT2D eigenvalue weighted by Crippen LogP contribution is 2.19. The number of piperazine rings is 1. The number of aryl methyl sites for hydroxylation is 1. The third kappa shape index (κ3) is 4.52. The highest BCUT2D eigenvalue weighted by molar-refractivity contribution is 5.95. The minimum Gasteiger partial charge on any atom is -0.497 e. The van der Waals surface area contributed by atoms with E-state index in [2.05, 4.69) is 9.88 Å². The molecule has 1 aromatic heterocycles. The first kappa shape index (κ1) is 18.2. The molecule has 138 valence electrons. The lowest BCUT2D eigenvalue weighted by Crippen LogP contribution is -2.49. The summed E-state index contributed by atoms with van der Waals surface area (Å²) >= 11 is 0. The summed E-state index contributed by atoms with van der Waals surface area (Å²) in [4.78, 5) is 21.0. The Morgan fingerprint density at radius 1 is 1.15 bits per heavy atom. The average molecular weight is 355 g/mol. The summed E-state index contributed by atoms with van der Waals surface area (Å²) in [6.45, 7) is 6.60. The minimum atomic E-state index is 0.0939. The van der Waals surface area contributed by atoms with E-state index >= 15 is 0 Å². The van der Waals surface area contributed by atoms with E-state index in [9.17, 15) is 4.79 Å². The van der Waals surface area contributed by atoms with Crippen LogP contribution in [-0.2, 0) is 0 Å². The van der Waals surface area contributed by atoms with Gasteiger partial charge in [-0.1, -0.05) is 0 Å². The van der Waals surface area contributed by atoms with Crippen molar-refractivity contribution in [2.24, 2.45) is 0 Å². The van der Waals surface area contributed by atoms with Gasteiger partial charge in [0.15, 0.2) is 0 Å². The van der Waals surface area contributed by atoms with Gasteiger partial charge in [-0.05, 0) is 42.8 Å². The van der Waals surface area contributed by atoms with Crippen LogP contribution in [0.3, 0.4) is 0 Å². The Morgan fingerprint density at radius 3 is 2.62 bits per heavy atom. The van der Waals surface area contributed by atoms with Gasteiger partial charge in [0.1, 0.15) is 18.1 Å². The maximum absolute atomic E-state index is 12.8. The minimum absolute atomic E-state index is 0.0939. The SMILES string of the molecule is COc1ccc(C(=O)N2CCN(CCOc3cccnc3)CC2)c(C)c1. The summed E-state index contributed by atoms with van der Waals surface area (Å²) in [7, 11) is 1.63. The zero-order valence-corrected chi connectivity index (χ0v) is 15.4. The highest BCUT2D eigenvalue weighted by Gasteiger charge is 2.23. The quantitative estimate of drug-likeness (QED) is 0.795. The molecule has 1 amide bonds. The fourth-order valence-electron chi connectivity index (χ4n) is 3.07. The molecule has 0 radical (unpaired) electrons. The number of rotatable bonds is 6. The van der Waals surface area contributed by atoms with Crippen molar-refractivity contribution in [1.82, 2.24) is 14.8 Å². The van der Waals surface area contributed by atoms with Gasteiger partial charge in [-0.15, -0.1) is 0 Å². The number of carbonyl (C=O) groups excluding carboxylic acids is 1. The third-order valence-corrected chi connectivity index (χ3v) is 4.63. The molecule has 1 aromatic carbocycles. The second kappa shape index (κ2) is 8.67. The molecule has 0 saturated carbocycles. The lowest BCUT2D eigenvalue weighted by Gasteiger charge is -2.34. The van der Waals surface area contributed by atoms with Crippen LogP contribution < -0.4 is 9.47 Å². The Kier molecular flexibility index (Phi) is 6.07. The first-order valence-corrected chi connectivity index (χ1v) is 8.86. The summed E-state index contributed by atoms with van der Waals surface area (Å²) in [6.07, 6.45) is 3.45. The van der Waals surface area contributed by atoms with Crippen molar-refractivity contribution >= 4 is 5.91 Å². The number of methoxy groups -OCH3 is 1. The van der Waals surface area contributed by atoms with Crippen LogP contribution in [0, 0.1) is 6.92 Å². The Labute approximate surface area is 154 Å². The molecular formula is C20H25N3O3. The van der Waals surface area contributed by atoms with Crippen molar-refractivity contribution in [1.29, 1.82) is 0 Å². The Morgan fingerprint density at radius 2 is 1.96 bits per heavy atom. The van der Waals surface area contributed by atoms with Crippen LogP contribution >= 0.6 is 0 Å². The van der Waals surface area contributed by atoms with Crippen molar-refractivity contribution in [2.75, 3.05) is 46.4 Å². The molecule has 1 fully saturated rings. The molecule has 6 heteroatoms. The van der Waals surface area contributed by atoms with Gasteiger partial charge in [0, 0.05) is 44.5 Å². The molecule has 0 atom stereocenters. The van der Waals surface area contributed by atoms with E-state index in [0.717, 1.165) is 55.3 Å². The summed E-state index contributed by atoms with van der Waals surface area (Å²) in [6, 6.07) is 9.36. The highest BCUT2D eigenvalue weighted by atomic mass is 16.5. The lowest BCUT2D eigenvalue weighted by atomic mass is 10.1. The lowest BCUT2D eigenvalue weighted by molar-refractivity contribution is 0.0619. The van der Waals surface area contributed by atoms with Crippen LogP contribution in [0.25, 0.3) is 0 Å². The smallest absolute Gasteiger partial charge is 0.254 e. The summed E-state index contributed by atoms with van der Waals surface area (Å²) in [5.41, 5.74) is 1.70. The number of hydrogen-bond acceptors (Lipinski definition) is 5. The molecule has 1 saturated heterocycles. The molecular weight excluding hydrogens is 330 g/mol. The zero-order valence-electron chi connectivity index (χ0n) is 15.4. The molecule has 0 aliphatic carbocycles. The van der Waals surface area contributed by atoms with Crippen LogP contribution in [0.2, 0.25) is 0 Å². The standard InChI is InChI=1S/C20H25N3O3/c1-16-14-17(25-2)5-6-19(16)20(24)23-10-8-22(9-11-23)12-13-26-18-4-3-7-21-15-18/h3-7,14-15H,8-13H2,1-2H3. The predicted octanol–water partition coefficient (Wildman–Crippen LogP) is 2.24. The molecule has 0 unspecified atom stereocenters. The monoisotopic (exact) mass is 355 g/mol. The maximum Gasteiger partial charge on any atom is 0.254 e. The molecule has 2 aromatic rings. The zero-order chi connectivity index (χ0) is 18.4. The van der Waals surface area contributed by atoms with E-state index in [-0.39, 0.29) is 5.91 Å². The summed E-state index contributed by atoms with van der Waals surface area (Å²) < 4.78 is 10.9. The van der Waals surface area contributed by atoms with Gasteiger partial charge in [-0.25, -0.2) is 0 Å². The molecule has 1 aliphatic rings.